The van der Waals surface area contributed by atoms with E-state index in [4.69, 9.17) is 5.11 Å². The molecule has 0 unspecified atom stereocenters. The van der Waals surface area contributed by atoms with Crippen molar-refractivity contribution in [1.29, 1.82) is 0 Å². The van der Waals surface area contributed by atoms with Crippen LogP contribution in [0.3, 0.4) is 0 Å². The van der Waals surface area contributed by atoms with Crippen LogP contribution in [-0.2, 0) is 6.54 Å². The molecule has 3 rings (SSSR count). The maximum Gasteiger partial charge on any atom is 0.335 e. The molecular formula is C21H22N4O4. The van der Waals surface area contributed by atoms with Crippen molar-refractivity contribution in [2.75, 3.05) is 0 Å². The van der Waals surface area contributed by atoms with E-state index in [0.717, 1.165) is 19.3 Å². The van der Waals surface area contributed by atoms with Gasteiger partial charge in [-0.05, 0) is 30.2 Å². The maximum atomic E-state index is 12.3. The van der Waals surface area contributed by atoms with Crippen molar-refractivity contribution in [3.63, 3.8) is 0 Å². The quantitative estimate of drug-likeness (QED) is 0.373. The molecule has 3 N–H and O–H groups in total. The van der Waals surface area contributed by atoms with Crippen LogP contribution in [0.1, 0.15) is 36.5 Å². The monoisotopic (exact) mass is 394 g/mol. The molecule has 0 amide bonds. The highest BCUT2D eigenvalue weighted by molar-refractivity contribution is 5.90. The summed E-state index contributed by atoms with van der Waals surface area (Å²) in [6.07, 6.45) is 4.47. The first-order valence-electron chi connectivity index (χ1n) is 9.37. The molecule has 0 aliphatic carbocycles. The van der Waals surface area contributed by atoms with Gasteiger partial charge in [-0.2, -0.15) is 0 Å². The van der Waals surface area contributed by atoms with E-state index in [0.29, 0.717) is 17.7 Å². The number of azo groups is 1. The Hall–Kier alpha value is -3.68. The Balaban J connectivity index is 1.86. The van der Waals surface area contributed by atoms with E-state index in [9.17, 15) is 14.7 Å². The van der Waals surface area contributed by atoms with Crippen molar-refractivity contribution in [3.8, 4) is 16.9 Å². The zero-order chi connectivity index (χ0) is 20.8. The molecule has 8 heteroatoms. The van der Waals surface area contributed by atoms with Crippen LogP contribution in [0, 0.1) is 0 Å². The van der Waals surface area contributed by atoms with Gasteiger partial charge < -0.3 is 15.3 Å². The lowest BCUT2D eigenvalue weighted by molar-refractivity contribution is 0.0697. The minimum Gasteiger partial charge on any atom is -0.505 e. The highest BCUT2D eigenvalue weighted by atomic mass is 16.4. The smallest absolute Gasteiger partial charge is 0.335 e. The van der Waals surface area contributed by atoms with Crippen LogP contribution in [0.25, 0.3) is 11.1 Å². The Morgan fingerprint density at radius 2 is 1.86 bits per heavy atom. The molecule has 8 nitrogen and oxygen atoms in total. The predicted molar refractivity (Wildman–Crippen MR) is 109 cm³/mol. The van der Waals surface area contributed by atoms with Gasteiger partial charge in [-0.3, -0.25) is 9.48 Å². The molecule has 2 aromatic carbocycles. The summed E-state index contributed by atoms with van der Waals surface area (Å²) in [6, 6.07) is 11.2. The first-order valence-corrected chi connectivity index (χ1v) is 9.37. The molecule has 0 bridgehead atoms. The largest absolute Gasteiger partial charge is 0.505 e. The molecule has 0 atom stereocenters. The molecule has 1 heterocycles. The minimum absolute atomic E-state index is 0.116. The number of aromatic nitrogens is 2. The molecule has 0 fully saturated rings. The number of aryl methyl sites for hydroxylation is 1. The molecule has 0 saturated heterocycles. The molecule has 29 heavy (non-hydrogen) atoms. The first kappa shape index (κ1) is 20.1. The number of carboxylic acid groups (broad SMARTS) is 1. The van der Waals surface area contributed by atoms with E-state index in [1.54, 1.807) is 30.3 Å². The number of phenolic OH excluding ortho intramolecular Hbond substituents is 1. The molecule has 150 valence electrons. The van der Waals surface area contributed by atoms with Crippen LogP contribution >= 0.6 is 0 Å². The summed E-state index contributed by atoms with van der Waals surface area (Å²) < 4.78 is 1.48. The number of aromatic carboxylic acids is 1. The Kier molecular flexibility index (Phi) is 6.23. The number of nitrogens with one attached hydrogen (secondary N) is 1. The van der Waals surface area contributed by atoms with Crippen LogP contribution < -0.4 is 5.56 Å². The molecule has 0 saturated carbocycles. The van der Waals surface area contributed by atoms with Gasteiger partial charge in [0.15, 0.2) is 11.4 Å². The summed E-state index contributed by atoms with van der Waals surface area (Å²) in [5.74, 6) is -1.19. The summed E-state index contributed by atoms with van der Waals surface area (Å²) >= 11 is 0. The Morgan fingerprint density at radius 3 is 2.62 bits per heavy atom. The number of hydrogen-bond donors (Lipinski definition) is 3. The van der Waals surface area contributed by atoms with E-state index in [1.807, 2.05) is 0 Å². The number of hydrogen-bond acceptors (Lipinski definition) is 5. The van der Waals surface area contributed by atoms with Crippen molar-refractivity contribution in [2.45, 2.75) is 32.7 Å². The van der Waals surface area contributed by atoms with Gasteiger partial charge in [0.05, 0.1) is 11.8 Å². The molecule has 0 aliphatic heterocycles. The Bertz CT molecular complexity index is 1100. The highest BCUT2D eigenvalue weighted by Gasteiger charge is 2.12. The van der Waals surface area contributed by atoms with Crippen LogP contribution in [0.5, 0.6) is 5.75 Å². The van der Waals surface area contributed by atoms with Gasteiger partial charge in [0.25, 0.3) is 5.56 Å². The number of aromatic amines is 1. The zero-order valence-electron chi connectivity index (χ0n) is 16.0. The fourth-order valence-electron chi connectivity index (χ4n) is 2.93. The molecule has 0 aliphatic rings. The predicted octanol–water partition coefficient (Wildman–Crippen LogP) is 4.85. The van der Waals surface area contributed by atoms with Gasteiger partial charge in [0.2, 0.25) is 0 Å². The summed E-state index contributed by atoms with van der Waals surface area (Å²) in [5, 5.41) is 30.6. The molecular weight excluding hydrogens is 372 g/mol. The van der Waals surface area contributed by atoms with Crippen LogP contribution in [0.4, 0.5) is 11.4 Å². The van der Waals surface area contributed by atoms with Crippen LogP contribution in [-0.4, -0.2) is 26.0 Å². The molecule has 0 spiro atoms. The van der Waals surface area contributed by atoms with Gasteiger partial charge in [0.1, 0.15) is 5.69 Å². The number of phenols is 1. The second-order valence-electron chi connectivity index (χ2n) is 6.58. The van der Waals surface area contributed by atoms with Gasteiger partial charge in [-0.15, -0.1) is 10.2 Å². The number of unbranched alkanes of at least 4 members (excludes halogenated alkanes) is 2. The maximum absolute atomic E-state index is 12.3. The highest BCUT2D eigenvalue weighted by Crippen LogP contribution is 2.37. The number of aromatic hydroxyl groups is 1. The van der Waals surface area contributed by atoms with Crippen molar-refractivity contribution in [3.05, 3.63) is 64.6 Å². The van der Waals surface area contributed by atoms with E-state index >= 15 is 0 Å². The van der Waals surface area contributed by atoms with E-state index in [1.165, 1.54) is 23.0 Å². The average molecular weight is 394 g/mol. The number of carboxylic acids is 1. The number of carbonyl (C=O) groups is 1. The Labute approximate surface area is 167 Å². The van der Waals surface area contributed by atoms with Gasteiger partial charge in [0, 0.05) is 12.1 Å². The number of benzene rings is 2. The summed E-state index contributed by atoms with van der Waals surface area (Å²) in [5.41, 5.74) is 1.15. The lowest BCUT2D eigenvalue weighted by atomic mass is 10.0. The normalized spacial score (nSPS) is 11.2. The van der Waals surface area contributed by atoms with E-state index in [-0.39, 0.29) is 28.2 Å². The van der Waals surface area contributed by atoms with Crippen molar-refractivity contribution in [1.82, 2.24) is 9.78 Å². The number of nitrogens with zero attached hydrogens (tertiary/aromatic N) is 3. The summed E-state index contributed by atoms with van der Waals surface area (Å²) in [7, 11) is 0. The SMILES string of the molecule is CCCCCn1[nH]cc(N=Nc2cccc(-c3cccc(C(=O)O)c3)c2O)c1=O. The van der Waals surface area contributed by atoms with Crippen molar-refractivity contribution in [2.24, 2.45) is 10.2 Å². The van der Waals surface area contributed by atoms with E-state index < -0.39 is 5.97 Å². The second-order valence-corrected chi connectivity index (χ2v) is 6.58. The third-order valence-corrected chi connectivity index (χ3v) is 4.51. The van der Waals surface area contributed by atoms with Crippen LogP contribution in [0.2, 0.25) is 0 Å². The zero-order valence-corrected chi connectivity index (χ0v) is 16.0. The summed E-state index contributed by atoms with van der Waals surface area (Å²) in [6.45, 7) is 2.68. The Morgan fingerprint density at radius 1 is 1.10 bits per heavy atom. The van der Waals surface area contributed by atoms with Gasteiger partial charge in [-0.1, -0.05) is 44.0 Å². The van der Waals surface area contributed by atoms with E-state index in [2.05, 4.69) is 22.3 Å². The lowest BCUT2D eigenvalue weighted by Gasteiger charge is -2.07. The van der Waals surface area contributed by atoms with Crippen molar-refractivity contribution < 1.29 is 15.0 Å². The fraction of sp³-hybridized carbons (Fsp3) is 0.238. The first-order chi connectivity index (χ1) is 14.0. The van der Waals surface area contributed by atoms with Crippen LogP contribution in [0.15, 0.2) is 63.7 Å². The topological polar surface area (TPSA) is 120 Å². The third kappa shape index (κ3) is 4.60. The molecule has 0 radical (unpaired) electrons. The van der Waals surface area contributed by atoms with Gasteiger partial charge in [-0.25, -0.2) is 4.79 Å². The second kappa shape index (κ2) is 9.01. The lowest BCUT2D eigenvalue weighted by Crippen LogP contribution is -2.16. The minimum atomic E-state index is -1.05. The van der Waals surface area contributed by atoms with Gasteiger partial charge >= 0.3 is 5.97 Å². The molecule has 1 aromatic heterocycles. The number of rotatable bonds is 8. The standard InChI is InChI=1S/C21H22N4O4/c1-2-3-4-11-25-20(27)18(13-22-25)24-23-17-10-6-9-16(19(17)26)14-7-5-8-15(12-14)21(28)29/h5-10,12-13,22,26H,2-4,11H2,1H3,(H,28,29). The van der Waals surface area contributed by atoms with Crippen molar-refractivity contribution >= 4 is 17.3 Å². The average Bonchev–Trinajstić information content (AvgIpc) is 3.07. The fourth-order valence-corrected chi connectivity index (χ4v) is 2.93. The number of H-pyrrole nitrogens is 1. The number of para-hydroxylation sites is 1. The third-order valence-electron chi connectivity index (χ3n) is 4.51. The summed E-state index contributed by atoms with van der Waals surface area (Å²) in [4.78, 5) is 23.5. The molecule has 3 aromatic rings.